The summed E-state index contributed by atoms with van der Waals surface area (Å²) >= 11 is 1.25. The maximum Gasteiger partial charge on any atom is 0.337 e. The molecule has 31 heavy (non-hydrogen) atoms. The summed E-state index contributed by atoms with van der Waals surface area (Å²) < 4.78 is 0. The Bertz CT molecular complexity index is 970. The highest BCUT2D eigenvalue weighted by atomic mass is 32.2. The molecule has 0 bridgehead atoms. The van der Waals surface area contributed by atoms with E-state index in [0.29, 0.717) is 18.7 Å². The summed E-state index contributed by atoms with van der Waals surface area (Å²) in [5.41, 5.74) is 10.6. The van der Waals surface area contributed by atoms with Gasteiger partial charge in [-0.2, -0.15) is 0 Å². The first-order valence-electron chi connectivity index (χ1n) is 8.80. The molecular formula is C19H19N5O6S. The van der Waals surface area contributed by atoms with Crippen LogP contribution in [0, 0.1) is 0 Å². The number of carboxylic acids is 1. The average molecular weight is 445 g/mol. The number of amides is 3. The fourth-order valence-electron chi connectivity index (χ4n) is 2.43. The molecule has 12 heteroatoms. The smallest absolute Gasteiger partial charge is 0.337 e. The van der Waals surface area contributed by atoms with Crippen molar-refractivity contribution in [1.82, 2.24) is 14.9 Å². The quantitative estimate of drug-likeness (QED) is 0.576. The third-order valence-electron chi connectivity index (χ3n) is 3.99. The first kappa shape index (κ1) is 23.5. The zero-order valence-corrected chi connectivity index (χ0v) is 17.2. The molecule has 0 atom stereocenters. The monoisotopic (exact) mass is 445 g/mol. The summed E-state index contributed by atoms with van der Waals surface area (Å²) in [4.78, 5) is 63.6. The molecule has 1 aliphatic rings. The van der Waals surface area contributed by atoms with E-state index in [0.717, 1.165) is 6.20 Å². The van der Waals surface area contributed by atoms with E-state index in [2.05, 4.69) is 9.97 Å². The van der Waals surface area contributed by atoms with Crippen LogP contribution in [0.3, 0.4) is 0 Å². The number of aromatic carboxylic acids is 1. The van der Waals surface area contributed by atoms with Crippen LogP contribution in [0.1, 0.15) is 48.6 Å². The molecule has 2 aromatic heterocycles. The predicted octanol–water partition coefficient (Wildman–Crippen LogP) is 0.163. The standard InChI is InChI=1S/C12H13N3O3S.C7H6N2O3/c1-7(16)19-9-5-15(6-9)12(18)8-2-3-10(11(13)17)14-4-8;8-6(10)5-2-1-4(3-9-5)7(11)12/h2-4,9H,5-6H2,1H3,(H2,13,17);1-3H,(H2,8,10)(H,11,12). The largest absolute Gasteiger partial charge is 0.478 e. The van der Waals surface area contributed by atoms with E-state index in [-0.39, 0.29) is 33.2 Å². The van der Waals surface area contributed by atoms with E-state index >= 15 is 0 Å². The fourth-order valence-corrected chi connectivity index (χ4v) is 3.41. The average Bonchev–Trinajstić information content (AvgIpc) is 2.70. The second-order valence-corrected chi connectivity index (χ2v) is 7.82. The first-order valence-corrected chi connectivity index (χ1v) is 9.68. The molecule has 162 valence electrons. The molecule has 2 aromatic rings. The Hall–Kier alpha value is -3.80. The van der Waals surface area contributed by atoms with Crippen LogP contribution >= 0.6 is 11.8 Å². The van der Waals surface area contributed by atoms with Gasteiger partial charge in [0, 0.05) is 37.7 Å². The number of thioether (sulfide) groups is 1. The predicted molar refractivity (Wildman–Crippen MR) is 110 cm³/mol. The van der Waals surface area contributed by atoms with Crippen molar-refractivity contribution in [2.24, 2.45) is 11.5 Å². The maximum atomic E-state index is 12.0. The van der Waals surface area contributed by atoms with Crippen LogP contribution in [-0.2, 0) is 4.79 Å². The highest BCUT2D eigenvalue weighted by Crippen LogP contribution is 2.24. The van der Waals surface area contributed by atoms with Crippen LogP contribution in [0.15, 0.2) is 36.7 Å². The molecule has 0 aromatic carbocycles. The first-order chi connectivity index (χ1) is 14.6. The molecule has 5 N–H and O–H groups in total. The Kier molecular flexibility index (Phi) is 7.80. The molecule has 0 aliphatic carbocycles. The van der Waals surface area contributed by atoms with Crippen molar-refractivity contribution in [3.8, 4) is 0 Å². The number of likely N-dealkylation sites (tertiary alicyclic amines) is 1. The van der Waals surface area contributed by atoms with Gasteiger partial charge in [-0.25, -0.2) is 4.79 Å². The van der Waals surface area contributed by atoms with Gasteiger partial charge in [-0.15, -0.1) is 0 Å². The van der Waals surface area contributed by atoms with E-state index in [1.54, 1.807) is 4.90 Å². The maximum absolute atomic E-state index is 12.0. The van der Waals surface area contributed by atoms with E-state index in [4.69, 9.17) is 16.6 Å². The SMILES string of the molecule is CC(=O)SC1CN(C(=O)c2ccc(C(N)=O)nc2)C1.NC(=O)c1ccc(C(=O)O)cn1. The minimum absolute atomic E-state index is 0.0278. The van der Waals surface area contributed by atoms with Gasteiger partial charge in [0.25, 0.3) is 17.7 Å². The molecule has 1 aliphatic heterocycles. The molecule has 0 spiro atoms. The van der Waals surface area contributed by atoms with Crippen LogP contribution in [0.5, 0.6) is 0 Å². The van der Waals surface area contributed by atoms with Gasteiger partial charge in [0.05, 0.1) is 11.1 Å². The number of aromatic nitrogens is 2. The summed E-state index contributed by atoms with van der Waals surface area (Å²) in [6, 6.07) is 5.50. The number of pyridine rings is 2. The number of primary amides is 2. The Balaban J connectivity index is 0.000000245. The lowest BCUT2D eigenvalue weighted by atomic mass is 10.1. The zero-order valence-electron chi connectivity index (χ0n) is 16.3. The van der Waals surface area contributed by atoms with Crippen LogP contribution in [0.2, 0.25) is 0 Å². The van der Waals surface area contributed by atoms with Gasteiger partial charge in [0.2, 0.25) is 0 Å². The molecule has 3 heterocycles. The Morgan fingerprint density at radius 3 is 1.77 bits per heavy atom. The van der Waals surface area contributed by atoms with Gasteiger partial charge >= 0.3 is 5.97 Å². The molecule has 1 saturated heterocycles. The molecule has 0 radical (unpaired) electrons. The number of rotatable bonds is 5. The highest BCUT2D eigenvalue weighted by molar-refractivity contribution is 8.14. The number of carbonyl (C=O) groups excluding carboxylic acids is 4. The fraction of sp³-hybridized carbons (Fsp3) is 0.211. The van der Waals surface area contributed by atoms with E-state index < -0.39 is 17.8 Å². The number of nitrogens with zero attached hydrogens (tertiary/aromatic N) is 3. The van der Waals surface area contributed by atoms with Crippen molar-refractivity contribution < 1.29 is 29.1 Å². The molecule has 3 rings (SSSR count). The molecule has 11 nitrogen and oxygen atoms in total. The molecule has 1 fully saturated rings. The van der Waals surface area contributed by atoms with Crippen molar-refractivity contribution in [3.63, 3.8) is 0 Å². The lowest BCUT2D eigenvalue weighted by Crippen LogP contribution is -2.52. The van der Waals surface area contributed by atoms with Gasteiger partial charge in [-0.1, -0.05) is 11.8 Å². The number of carboxylic acid groups (broad SMARTS) is 1. The van der Waals surface area contributed by atoms with Crippen molar-refractivity contribution >= 4 is 40.6 Å². The van der Waals surface area contributed by atoms with Crippen molar-refractivity contribution in [3.05, 3.63) is 59.2 Å². The second kappa shape index (κ2) is 10.3. The number of hydrogen-bond acceptors (Lipinski definition) is 8. The van der Waals surface area contributed by atoms with Crippen LogP contribution < -0.4 is 11.5 Å². The van der Waals surface area contributed by atoms with Crippen molar-refractivity contribution in [1.29, 1.82) is 0 Å². The number of hydrogen-bond donors (Lipinski definition) is 3. The van der Waals surface area contributed by atoms with Crippen molar-refractivity contribution in [2.45, 2.75) is 12.2 Å². The van der Waals surface area contributed by atoms with E-state index in [1.807, 2.05) is 0 Å². The number of nitrogens with two attached hydrogens (primary N) is 2. The minimum Gasteiger partial charge on any atom is -0.478 e. The van der Waals surface area contributed by atoms with Crippen LogP contribution in [-0.4, -0.2) is 67.1 Å². The van der Waals surface area contributed by atoms with Crippen LogP contribution in [0.4, 0.5) is 0 Å². The third kappa shape index (κ3) is 6.60. The Labute approximate surface area is 180 Å². The Morgan fingerprint density at radius 2 is 1.42 bits per heavy atom. The summed E-state index contributed by atoms with van der Waals surface area (Å²) in [7, 11) is 0. The number of carbonyl (C=O) groups is 5. The van der Waals surface area contributed by atoms with Gasteiger partial charge in [0.15, 0.2) is 5.12 Å². The van der Waals surface area contributed by atoms with Crippen LogP contribution in [0.25, 0.3) is 0 Å². The van der Waals surface area contributed by atoms with Gasteiger partial charge in [-0.3, -0.25) is 29.1 Å². The van der Waals surface area contributed by atoms with Gasteiger partial charge < -0.3 is 21.5 Å². The Morgan fingerprint density at radius 1 is 0.935 bits per heavy atom. The lowest BCUT2D eigenvalue weighted by Gasteiger charge is -2.38. The van der Waals surface area contributed by atoms with E-state index in [9.17, 15) is 24.0 Å². The summed E-state index contributed by atoms with van der Waals surface area (Å²) in [5.74, 6) is -2.53. The van der Waals surface area contributed by atoms with Gasteiger partial charge in [0.1, 0.15) is 11.4 Å². The molecule has 0 saturated carbocycles. The summed E-state index contributed by atoms with van der Waals surface area (Å²) in [6.45, 7) is 2.63. The second-order valence-electron chi connectivity index (χ2n) is 6.34. The molecular weight excluding hydrogens is 426 g/mol. The topological polar surface area (TPSA) is 187 Å². The lowest BCUT2D eigenvalue weighted by molar-refractivity contribution is -0.109. The van der Waals surface area contributed by atoms with Gasteiger partial charge in [-0.05, 0) is 24.3 Å². The van der Waals surface area contributed by atoms with Crippen molar-refractivity contribution in [2.75, 3.05) is 13.1 Å². The summed E-state index contributed by atoms with van der Waals surface area (Å²) in [5, 5.41) is 8.70. The van der Waals surface area contributed by atoms with E-state index in [1.165, 1.54) is 49.1 Å². The highest BCUT2D eigenvalue weighted by Gasteiger charge is 2.32. The molecule has 0 unspecified atom stereocenters. The normalized spacial score (nSPS) is 12.7. The minimum atomic E-state index is -1.08. The zero-order chi connectivity index (χ0) is 23.1. The third-order valence-corrected chi connectivity index (χ3v) is 4.96. The summed E-state index contributed by atoms with van der Waals surface area (Å²) in [6.07, 6.45) is 2.43. The molecule has 3 amide bonds.